The number of nitrogens with zero attached hydrogens (tertiary/aromatic N) is 2. The summed E-state index contributed by atoms with van der Waals surface area (Å²) in [5, 5.41) is 4.45. The van der Waals surface area contributed by atoms with Crippen LogP contribution in [0.4, 0.5) is 0 Å². The number of aryl methyl sites for hydroxylation is 2. The zero-order chi connectivity index (χ0) is 14.6. The fourth-order valence-electron chi connectivity index (χ4n) is 2.23. The summed E-state index contributed by atoms with van der Waals surface area (Å²) in [7, 11) is 3.73. The molecule has 1 unspecified atom stereocenters. The number of nitrogens with one attached hydrogen (secondary N) is 1. The van der Waals surface area contributed by atoms with Crippen molar-refractivity contribution in [3.63, 3.8) is 0 Å². The van der Waals surface area contributed by atoms with Gasteiger partial charge in [-0.2, -0.15) is 5.10 Å². The van der Waals surface area contributed by atoms with E-state index in [0.717, 1.165) is 25.0 Å². The topological polar surface area (TPSA) is 65.1 Å². The lowest BCUT2D eigenvalue weighted by Crippen LogP contribution is -2.38. The van der Waals surface area contributed by atoms with Crippen molar-refractivity contribution in [3.05, 3.63) is 17.0 Å². The van der Waals surface area contributed by atoms with Crippen LogP contribution in [0, 0.1) is 13.8 Å². The molecule has 0 bridgehead atoms. The summed E-state index contributed by atoms with van der Waals surface area (Å²) in [5.74, 6) is 5.68. The predicted molar refractivity (Wildman–Crippen MR) is 77.8 cm³/mol. The van der Waals surface area contributed by atoms with Crippen molar-refractivity contribution < 1.29 is 4.74 Å². The highest BCUT2D eigenvalue weighted by Crippen LogP contribution is 2.20. The highest BCUT2D eigenvalue weighted by atomic mass is 16.5. The molecular formula is C14H28N4O. The van der Waals surface area contributed by atoms with Gasteiger partial charge in [0.15, 0.2) is 0 Å². The van der Waals surface area contributed by atoms with Crippen LogP contribution in [-0.4, -0.2) is 28.5 Å². The van der Waals surface area contributed by atoms with Crippen molar-refractivity contribution in [2.45, 2.75) is 58.6 Å². The van der Waals surface area contributed by atoms with Crippen molar-refractivity contribution >= 4 is 0 Å². The van der Waals surface area contributed by atoms with Crippen LogP contribution in [0.25, 0.3) is 0 Å². The average molecular weight is 268 g/mol. The molecule has 1 aromatic rings. The first kappa shape index (κ1) is 16.1. The molecule has 0 spiro atoms. The summed E-state index contributed by atoms with van der Waals surface area (Å²) >= 11 is 0. The monoisotopic (exact) mass is 268 g/mol. The van der Waals surface area contributed by atoms with Crippen LogP contribution in [0.2, 0.25) is 0 Å². The molecule has 0 radical (unpaired) electrons. The smallest absolute Gasteiger partial charge is 0.0628 e. The molecule has 5 heteroatoms. The van der Waals surface area contributed by atoms with Gasteiger partial charge in [-0.15, -0.1) is 0 Å². The first-order chi connectivity index (χ1) is 8.80. The molecule has 1 heterocycles. The lowest BCUT2D eigenvalue weighted by Gasteiger charge is -2.25. The van der Waals surface area contributed by atoms with Gasteiger partial charge in [-0.3, -0.25) is 16.0 Å². The Labute approximate surface area is 116 Å². The summed E-state index contributed by atoms with van der Waals surface area (Å²) in [6.45, 7) is 8.35. The van der Waals surface area contributed by atoms with E-state index >= 15 is 0 Å². The molecule has 110 valence electrons. The van der Waals surface area contributed by atoms with Gasteiger partial charge in [-0.05, 0) is 52.5 Å². The Kier molecular flexibility index (Phi) is 5.52. The molecule has 1 aromatic heterocycles. The van der Waals surface area contributed by atoms with Crippen LogP contribution < -0.4 is 11.3 Å². The summed E-state index contributed by atoms with van der Waals surface area (Å²) in [5.41, 5.74) is 6.41. The number of aromatic nitrogens is 2. The molecule has 0 aliphatic heterocycles. The quantitative estimate of drug-likeness (QED) is 0.582. The maximum Gasteiger partial charge on any atom is 0.0628 e. The van der Waals surface area contributed by atoms with Gasteiger partial charge in [0.05, 0.1) is 11.3 Å². The molecule has 0 fully saturated rings. The molecule has 0 aromatic carbocycles. The van der Waals surface area contributed by atoms with Crippen LogP contribution in [0.15, 0.2) is 0 Å². The second kappa shape index (κ2) is 6.50. The summed E-state index contributed by atoms with van der Waals surface area (Å²) in [6, 6.07) is 0.246. The Balaban J connectivity index is 2.67. The first-order valence-electron chi connectivity index (χ1n) is 6.81. The van der Waals surface area contributed by atoms with Crippen molar-refractivity contribution in [2.75, 3.05) is 7.11 Å². The van der Waals surface area contributed by atoms with Gasteiger partial charge in [0.1, 0.15) is 0 Å². The Morgan fingerprint density at radius 3 is 2.47 bits per heavy atom. The molecule has 0 aliphatic carbocycles. The SMILES string of the molecule is COC(C)(C)CCC(Cc1c(C)nn(C)c1C)NN. The Bertz CT molecular complexity index is 412. The van der Waals surface area contributed by atoms with Crippen LogP contribution in [-0.2, 0) is 18.2 Å². The molecule has 1 rings (SSSR count). The lowest BCUT2D eigenvalue weighted by atomic mass is 9.95. The van der Waals surface area contributed by atoms with E-state index in [1.165, 1.54) is 11.3 Å². The minimum absolute atomic E-state index is 0.103. The summed E-state index contributed by atoms with van der Waals surface area (Å²) in [6.07, 6.45) is 2.85. The number of methoxy groups -OCH3 is 1. The molecule has 0 saturated carbocycles. The molecule has 0 aliphatic rings. The molecule has 0 saturated heterocycles. The van der Waals surface area contributed by atoms with E-state index in [4.69, 9.17) is 10.6 Å². The number of ether oxygens (including phenoxy) is 1. The number of rotatable bonds is 7. The Morgan fingerprint density at radius 1 is 1.42 bits per heavy atom. The molecule has 3 N–H and O–H groups in total. The van der Waals surface area contributed by atoms with Crippen LogP contribution in [0.1, 0.15) is 43.6 Å². The van der Waals surface area contributed by atoms with Gasteiger partial charge < -0.3 is 4.74 Å². The number of nitrogens with two attached hydrogens (primary N) is 1. The van der Waals surface area contributed by atoms with Crippen LogP contribution in [0.5, 0.6) is 0 Å². The second-order valence-corrected chi connectivity index (χ2v) is 5.84. The normalized spacial score (nSPS) is 13.8. The van der Waals surface area contributed by atoms with E-state index in [1.54, 1.807) is 7.11 Å². The van der Waals surface area contributed by atoms with Crippen molar-refractivity contribution in [3.8, 4) is 0 Å². The first-order valence-corrected chi connectivity index (χ1v) is 6.81. The third-order valence-corrected chi connectivity index (χ3v) is 3.99. The van der Waals surface area contributed by atoms with E-state index < -0.39 is 0 Å². The summed E-state index contributed by atoms with van der Waals surface area (Å²) in [4.78, 5) is 0. The fraction of sp³-hybridized carbons (Fsp3) is 0.786. The Morgan fingerprint density at radius 2 is 2.05 bits per heavy atom. The highest BCUT2D eigenvalue weighted by molar-refractivity contribution is 5.25. The van der Waals surface area contributed by atoms with Crippen molar-refractivity contribution in [1.82, 2.24) is 15.2 Å². The van der Waals surface area contributed by atoms with Crippen molar-refractivity contribution in [2.24, 2.45) is 12.9 Å². The van der Waals surface area contributed by atoms with E-state index in [2.05, 4.69) is 38.2 Å². The zero-order valence-electron chi connectivity index (χ0n) is 13.1. The van der Waals surface area contributed by atoms with Gasteiger partial charge in [0.2, 0.25) is 0 Å². The molecule has 1 atom stereocenters. The predicted octanol–water partition coefficient (Wildman–Crippen LogP) is 1.62. The largest absolute Gasteiger partial charge is 0.379 e. The van der Waals surface area contributed by atoms with Gasteiger partial charge in [-0.25, -0.2) is 0 Å². The van der Waals surface area contributed by atoms with E-state index in [0.29, 0.717) is 0 Å². The molecular weight excluding hydrogens is 240 g/mol. The Hall–Kier alpha value is -0.910. The van der Waals surface area contributed by atoms with E-state index in [1.807, 2.05) is 11.7 Å². The second-order valence-electron chi connectivity index (χ2n) is 5.84. The lowest BCUT2D eigenvalue weighted by molar-refractivity contribution is 0.0117. The minimum atomic E-state index is -0.103. The highest BCUT2D eigenvalue weighted by Gasteiger charge is 2.20. The molecule has 5 nitrogen and oxygen atoms in total. The van der Waals surface area contributed by atoms with E-state index in [9.17, 15) is 0 Å². The average Bonchev–Trinajstić information content (AvgIpc) is 2.60. The number of hydrazine groups is 1. The van der Waals surface area contributed by atoms with Crippen molar-refractivity contribution in [1.29, 1.82) is 0 Å². The van der Waals surface area contributed by atoms with Crippen LogP contribution in [0.3, 0.4) is 0 Å². The molecule has 0 amide bonds. The standard InChI is InChI=1S/C14H28N4O/c1-10-13(11(2)18(5)17-10)9-12(16-15)7-8-14(3,4)19-6/h12,16H,7-9,15H2,1-6H3. The zero-order valence-corrected chi connectivity index (χ0v) is 13.1. The number of hydrogen-bond acceptors (Lipinski definition) is 4. The maximum absolute atomic E-state index is 5.68. The van der Waals surface area contributed by atoms with Gasteiger partial charge in [-0.1, -0.05) is 0 Å². The summed E-state index contributed by atoms with van der Waals surface area (Å²) < 4.78 is 7.38. The van der Waals surface area contributed by atoms with Gasteiger partial charge in [0, 0.05) is 25.9 Å². The fourth-order valence-corrected chi connectivity index (χ4v) is 2.23. The van der Waals surface area contributed by atoms with E-state index in [-0.39, 0.29) is 11.6 Å². The molecule has 19 heavy (non-hydrogen) atoms. The van der Waals surface area contributed by atoms with Gasteiger partial charge >= 0.3 is 0 Å². The number of hydrogen-bond donors (Lipinski definition) is 2. The minimum Gasteiger partial charge on any atom is -0.379 e. The van der Waals surface area contributed by atoms with Gasteiger partial charge in [0.25, 0.3) is 0 Å². The van der Waals surface area contributed by atoms with Crippen LogP contribution >= 0.6 is 0 Å². The third kappa shape index (κ3) is 4.30. The maximum atomic E-state index is 5.68. The third-order valence-electron chi connectivity index (χ3n) is 3.99.